The van der Waals surface area contributed by atoms with Crippen LogP contribution in [0.1, 0.15) is 12.7 Å². The van der Waals surface area contributed by atoms with E-state index in [4.69, 9.17) is 13.7 Å². The fourth-order valence-electron chi connectivity index (χ4n) is 4.88. The lowest BCUT2D eigenvalue weighted by molar-refractivity contribution is -0.0756. The third-order valence-corrected chi connectivity index (χ3v) is 6.95. The van der Waals surface area contributed by atoms with E-state index < -0.39 is 12.3 Å². The van der Waals surface area contributed by atoms with E-state index in [1.807, 2.05) is 6.07 Å². The molecule has 6 rings (SSSR count). The van der Waals surface area contributed by atoms with Crippen molar-refractivity contribution in [2.45, 2.75) is 25.8 Å². The Labute approximate surface area is 229 Å². The number of aromatic nitrogens is 2. The molecule has 40 heavy (non-hydrogen) atoms. The van der Waals surface area contributed by atoms with Crippen LogP contribution in [-0.4, -0.2) is 63.6 Å². The van der Waals surface area contributed by atoms with Gasteiger partial charge < -0.3 is 18.8 Å². The Kier molecular flexibility index (Phi) is 7.29. The topological polar surface area (TPSA) is 88.0 Å². The number of aliphatic hydroxyl groups is 1. The molecule has 3 aromatic carbocycles. The van der Waals surface area contributed by atoms with Crippen molar-refractivity contribution in [3.8, 4) is 28.5 Å². The van der Waals surface area contributed by atoms with Crippen LogP contribution in [0.4, 0.5) is 8.78 Å². The van der Waals surface area contributed by atoms with Crippen LogP contribution in [-0.2, 0) is 6.54 Å². The zero-order valence-corrected chi connectivity index (χ0v) is 21.8. The Bertz CT molecular complexity index is 1590. The molecule has 0 bridgehead atoms. The van der Waals surface area contributed by atoms with Crippen LogP contribution in [0.25, 0.3) is 33.8 Å². The van der Waals surface area contributed by atoms with Crippen molar-refractivity contribution in [3.63, 3.8) is 0 Å². The Hall–Kier alpha value is -4.12. The molecule has 206 valence electrons. The van der Waals surface area contributed by atoms with Crippen molar-refractivity contribution >= 4 is 11.1 Å². The Morgan fingerprint density at radius 3 is 2.48 bits per heavy atom. The molecule has 0 aliphatic carbocycles. The lowest BCUT2D eigenvalue weighted by Crippen LogP contribution is -2.55. The van der Waals surface area contributed by atoms with E-state index in [2.05, 4.69) is 19.9 Å². The summed E-state index contributed by atoms with van der Waals surface area (Å²) in [6.07, 6.45) is -1.29. The Morgan fingerprint density at radius 1 is 0.925 bits per heavy atom. The number of halogens is 2. The predicted octanol–water partition coefficient (Wildman–Crippen LogP) is 5.33. The summed E-state index contributed by atoms with van der Waals surface area (Å²) in [7, 11) is 0. The molecule has 0 amide bonds. The third-order valence-electron chi connectivity index (χ3n) is 6.95. The summed E-state index contributed by atoms with van der Waals surface area (Å²) in [5.41, 5.74) is 3.16. The van der Waals surface area contributed by atoms with Gasteiger partial charge in [0.1, 0.15) is 34.7 Å². The van der Waals surface area contributed by atoms with Crippen molar-refractivity contribution in [2.24, 2.45) is 0 Å². The Balaban J connectivity index is 1.08. The van der Waals surface area contributed by atoms with Gasteiger partial charge in [-0.25, -0.2) is 13.8 Å². The first-order valence-electron chi connectivity index (χ1n) is 13.1. The van der Waals surface area contributed by atoms with Crippen LogP contribution in [0, 0.1) is 11.6 Å². The summed E-state index contributed by atoms with van der Waals surface area (Å²) in [5.74, 6) is 0.952. The number of benzene rings is 3. The fraction of sp³-hybridized carbons (Fsp3) is 0.267. The number of oxazole rings is 1. The lowest BCUT2D eigenvalue weighted by Gasteiger charge is -2.39. The van der Waals surface area contributed by atoms with Gasteiger partial charge in [-0.1, -0.05) is 11.2 Å². The van der Waals surface area contributed by atoms with Gasteiger partial charge in [-0.3, -0.25) is 9.80 Å². The van der Waals surface area contributed by atoms with Gasteiger partial charge in [-0.2, -0.15) is 0 Å². The summed E-state index contributed by atoms with van der Waals surface area (Å²) in [5, 5.41) is 14.7. The van der Waals surface area contributed by atoms with Crippen molar-refractivity contribution in [1.82, 2.24) is 19.9 Å². The van der Waals surface area contributed by atoms with E-state index in [9.17, 15) is 13.9 Å². The number of hydrogen-bond donors (Lipinski definition) is 1. The van der Waals surface area contributed by atoms with Gasteiger partial charge in [0.25, 0.3) is 0 Å². The van der Waals surface area contributed by atoms with Gasteiger partial charge in [0.05, 0.1) is 6.54 Å². The summed E-state index contributed by atoms with van der Waals surface area (Å²) >= 11 is 0. The third kappa shape index (κ3) is 5.74. The second-order valence-electron chi connectivity index (χ2n) is 9.91. The standard InChI is InChI=1S/C30H28F2N4O4/c1-19(37)30(38-24-9-10-28-27(16-24)33-29(39-28)21-3-2-4-23(32)15-21)36-13-11-35(12-14-36)18-25-17-26(34-40-25)20-5-7-22(31)8-6-20/h2-10,15-17,19,30,37H,11-14,18H2,1H3. The predicted molar refractivity (Wildman–Crippen MR) is 144 cm³/mol. The van der Waals surface area contributed by atoms with E-state index in [1.165, 1.54) is 24.3 Å². The largest absolute Gasteiger partial charge is 0.472 e. The highest BCUT2D eigenvalue weighted by Gasteiger charge is 2.29. The second-order valence-corrected chi connectivity index (χ2v) is 9.91. The van der Waals surface area contributed by atoms with E-state index >= 15 is 0 Å². The number of ether oxygens (including phenoxy) is 1. The molecule has 5 aromatic rings. The van der Waals surface area contributed by atoms with E-state index in [1.54, 1.807) is 49.4 Å². The monoisotopic (exact) mass is 546 g/mol. The molecule has 10 heteroatoms. The Morgan fingerprint density at radius 2 is 1.73 bits per heavy atom. The molecule has 8 nitrogen and oxygen atoms in total. The SMILES string of the molecule is CC(O)C(Oc1ccc2oc(-c3cccc(F)c3)nc2c1)N1CCN(Cc2cc(-c3ccc(F)cc3)no2)CC1. The van der Waals surface area contributed by atoms with Gasteiger partial charge in [-0.15, -0.1) is 0 Å². The molecule has 1 N–H and O–H groups in total. The van der Waals surface area contributed by atoms with Gasteiger partial charge in [0.15, 0.2) is 17.6 Å². The first kappa shape index (κ1) is 26.1. The van der Waals surface area contributed by atoms with E-state index in [0.717, 1.165) is 24.4 Å². The number of rotatable bonds is 8. The van der Waals surface area contributed by atoms with Gasteiger partial charge in [-0.05, 0) is 61.5 Å². The second kappa shape index (κ2) is 11.2. The zero-order valence-electron chi connectivity index (χ0n) is 21.8. The maximum atomic E-state index is 13.6. The molecule has 1 fully saturated rings. The number of fused-ring (bicyclic) bond motifs is 1. The van der Waals surface area contributed by atoms with Crippen molar-refractivity contribution in [3.05, 3.63) is 90.2 Å². The summed E-state index contributed by atoms with van der Waals surface area (Å²) in [4.78, 5) is 8.86. The first-order chi connectivity index (χ1) is 19.4. The van der Waals surface area contributed by atoms with E-state index in [-0.39, 0.29) is 11.6 Å². The molecule has 1 aliphatic heterocycles. The smallest absolute Gasteiger partial charge is 0.227 e. The molecular weight excluding hydrogens is 518 g/mol. The number of piperazine rings is 1. The normalized spacial score (nSPS) is 16.3. The fourth-order valence-corrected chi connectivity index (χ4v) is 4.88. The van der Waals surface area contributed by atoms with Gasteiger partial charge in [0.2, 0.25) is 5.89 Å². The minimum atomic E-state index is -0.741. The van der Waals surface area contributed by atoms with Crippen molar-refractivity contribution in [1.29, 1.82) is 0 Å². The number of hydrogen-bond acceptors (Lipinski definition) is 8. The first-order valence-corrected chi connectivity index (χ1v) is 13.1. The zero-order chi connectivity index (χ0) is 27.6. The van der Waals surface area contributed by atoms with Gasteiger partial charge >= 0.3 is 0 Å². The minimum Gasteiger partial charge on any atom is -0.472 e. The van der Waals surface area contributed by atoms with Crippen LogP contribution < -0.4 is 4.74 Å². The molecule has 0 saturated carbocycles. The highest BCUT2D eigenvalue weighted by Crippen LogP contribution is 2.29. The van der Waals surface area contributed by atoms with Crippen LogP contribution >= 0.6 is 0 Å². The molecule has 3 heterocycles. The molecule has 2 unspecified atom stereocenters. The highest BCUT2D eigenvalue weighted by atomic mass is 19.1. The van der Waals surface area contributed by atoms with Crippen molar-refractivity contribution in [2.75, 3.05) is 26.2 Å². The van der Waals surface area contributed by atoms with Crippen molar-refractivity contribution < 1.29 is 27.6 Å². The molecule has 0 spiro atoms. The average Bonchev–Trinajstić information content (AvgIpc) is 3.60. The molecule has 1 aliphatic rings. The molecule has 0 radical (unpaired) electrons. The van der Waals surface area contributed by atoms with E-state index in [0.29, 0.717) is 53.6 Å². The lowest BCUT2D eigenvalue weighted by atomic mass is 10.1. The van der Waals surface area contributed by atoms with Crippen LogP contribution in [0.2, 0.25) is 0 Å². The van der Waals surface area contributed by atoms with Gasteiger partial charge in [0, 0.05) is 49.4 Å². The molecule has 2 atom stereocenters. The summed E-state index contributed by atoms with van der Waals surface area (Å²) < 4.78 is 44.4. The molecule has 1 saturated heterocycles. The number of aliphatic hydroxyl groups excluding tert-OH is 1. The highest BCUT2D eigenvalue weighted by molar-refractivity contribution is 5.77. The van der Waals surface area contributed by atoms with Crippen LogP contribution in [0.5, 0.6) is 5.75 Å². The summed E-state index contributed by atoms with van der Waals surface area (Å²) in [6, 6.07) is 19.4. The molecular formula is C30H28F2N4O4. The van der Waals surface area contributed by atoms with Crippen LogP contribution in [0.15, 0.2) is 81.7 Å². The maximum Gasteiger partial charge on any atom is 0.227 e. The quantitative estimate of drug-likeness (QED) is 0.279. The molecule has 2 aromatic heterocycles. The minimum absolute atomic E-state index is 0.293. The summed E-state index contributed by atoms with van der Waals surface area (Å²) in [6.45, 7) is 5.17. The maximum absolute atomic E-state index is 13.6. The average molecular weight is 547 g/mol. The number of nitrogens with zero attached hydrogens (tertiary/aromatic N) is 4. The van der Waals surface area contributed by atoms with Crippen LogP contribution in [0.3, 0.4) is 0 Å².